The summed E-state index contributed by atoms with van der Waals surface area (Å²) in [4.78, 5) is 2.40. The van der Waals surface area contributed by atoms with E-state index >= 15 is 0 Å². The lowest BCUT2D eigenvalue weighted by molar-refractivity contribution is 0.672. The molecule has 3 nitrogen and oxygen atoms in total. The first-order valence-corrected chi connectivity index (χ1v) is 17.7. The van der Waals surface area contributed by atoms with Crippen LogP contribution in [0.25, 0.3) is 80.4 Å². The third-order valence-electron chi connectivity index (χ3n) is 10.2. The van der Waals surface area contributed by atoms with Crippen LogP contribution in [-0.2, 0) is 0 Å². The summed E-state index contributed by atoms with van der Waals surface area (Å²) in [7, 11) is 0. The van der Waals surface area contributed by atoms with E-state index in [1.165, 1.54) is 47.4 Å². The number of thiophene rings is 1. The Labute approximate surface area is 291 Å². The van der Waals surface area contributed by atoms with Crippen LogP contribution in [0.1, 0.15) is 0 Å². The normalized spacial score (nSPS) is 12.0. The molecule has 11 rings (SSSR count). The zero-order valence-electron chi connectivity index (χ0n) is 26.9. The molecule has 0 saturated carbocycles. The Morgan fingerprint density at radius 3 is 1.94 bits per heavy atom. The van der Waals surface area contributed by atoms with E-state index in [2.05, 4.69) is 179 Å². The number of rotatable bonds is 4. The van der Waals surface area contributed by atoms with Gasteiger partial charge in [0.05, 0.1) is 11.0 Å². The number of furan rings is 1. The van der Waals surface area contributed by atoms with Gasteiger partial charge in [0.15, 0.2) is 0 Å². The van der Waals surface area contributed by atoms with Crippen LogP contribution in [0.3, 0.4) is 0 Å². The molecule has 0 spiro atoms. The fourth-order valence-electron chi connectivity index (χ4n) is 7.89. The van der Waals surface area contributed by atoms with Crippen molar-refractivity contribution in [2.45, 2.75) is 0 Å². The van der Waals surface area contributed by atoms with Crippen molar-refractivity contribution in [1.29, 1.82) is 0 Å². The number of hydrogen-bond donors (Lipinski definition) is 0. The van der Waals surface area contributed by atoms with Crippen LogP contribution in [0, 0.1) is 0 Å². The Morgan fingerprint density at radius 2 is 1.06 bits per heavy atom. The van der Waals surface area contributed by atoms with Crippen molar-refractivity contribution >= 4 is 103 Å². The van der Waals surface area contributed by atoms with Crippen molar-refractivity contribution in [3.05, 3.63) is 170 Å². The van der Waals surface area contributed by atoms with Gasteiger partial charge >= 0.3 is 0 Å². The highest BCUT2D eigenvalue weighted by Gasteiger charge is 2.20. The fourth-order valence-corrected chi connectivity index (χ4v) is 8.97. The summed E-state index contributed by atoms with van der Waals surface area (Å²) in [5, 5.41) is 9.56. The number of nitrogens with zero attached hydrogens (tertiary/aromatic N) is 2. The quantitative estimate of drug-likeness (QED) is 0.188. The van der Waals surface area contributed by atoms with E-state index in [-0.39, 0.29) is 0 Å². The predicted molar refractivity (Wildman–Crippen MR) is 213 cm³/mol. The summed E-state index contributed by atoms with van der Waals surface area (Å²) < 4.78 is 11.5. The standard InChI is InChI=1S/C46H28N2OS/c1-2-11-30(12-3-1)48-41-16-8-6-14-35(41)38-26-31(19-23-42(38)48)47(33-21-25-45-40(28-33)36-15-7-9-17-44(36)50-45)32-20-24-43-39(27-32)37-22-18-29-10-4-5-13-34(29)46(37)49-43/h1-28H. The minimum Gasteiger partial charge on any atom is -0.455 e. The Bertz CT molecular complexity index is 3110. The number of fused-ring (bicyclic) bond motifs is 11. The summed E-state index contributed by atoms with van der Waals surface area (Å²) in [6.07, 6.45) is 0. The fraction of sp³-hybridized carbons (Fsp3) is 0. The molecule has 4 heteroatoms. The number of hydrogen-bond acceptors (Lipinski definition) is 3. The van der Waals surface area contributed by atoms with Crippen LogP contribution in [-0.4, -0.2) is 4.57 Å². The molecule has 0 aliphatic carbocycles. The van der Waals surface area contributed by atoms with E-state index in [1.54, 1.807) is 0 Å². The van der Waals surface area contributed by atoms with E-state index in [0.717, 1.165) is 50.1 Å². The number of aromatic nitrogens is 1. The van der Waals surface area contributed by atoms with Gasteiger partial charge in [-0.2, -0.15) is 0 Å². The predicted octanol–water partition coefficient (Wildman–Crippen LogP) is 13.7. The molecule has 0 aliphatic rings. The van der Waals surface area contributed by atoms with Crippen LogP contribution in [0.5, 0.6) is 0 Å². The van der Waals surface area contributed by atoms with Gasteiger partial charge in [-0.1, -0.05) is 84.9 Å². The van der Waals surface area contributed by atoms with Gasteiger partial charge in [-0.3, -0.25) is 0 Å². The van der Waals surface area contributed by atoms with Crippen molar-refractivity contribution in [3.63, 3.8) is 0 Å². The molecule has 11 aromatic rings. The molecule has 0 fully saturated rings. The van der Waals surface area contributed by atoms with Crippen molar-refractivity contribution < 1.29 is 4.42 Å². The van der Waals surface area contributed by atoms with Crippen LogP contribution in [0.4, 0.5) is 17.1 Å². The maximum atomic E-state index is 6.54. The Kier molecular flexibility index (Phi) is 5.83. The molecule has 0 radical (unpaired) electrons. The van der Waals surface area contributed by atoms with Crippen LogP contribution >= 0.6 is 11.3 Å². The highest BCUT2D eigenvalue weighted by molar-refractivity contribution is 7.25. The van der Waals surface area contributed by atoms with E-state index in [0.29, 0.717) is 0 Å². The van der Waals surface area contributed by atoms with Gasteiger partial charge in [0.25, 0.3) is 0 Å². The molecule has 3 heterocycles. The van der Waals surface area contributed by atoms with Gasteiger partial charge in [-0.05, 0) is 90.3 Å². The summed E-state index contributed by atoms with van der Waals surface area (Å²) in [6.45, 7) is 0. The first-order valence-electron chi connectivity index (χ1n) is 16.9. The van der Waals surface area contributed by atoms with E-state index in [9.17, 15) is 0 Å². The third-order valence-corrected chi connectivity index (χ3v) is 11.3. The second-order valence-corrected chi connectivity index (χ2v) is 14.0. The van der Waals surface area contributed by atoms with Crippen molar-refractivity contribution in [1.82, 2.24) is 4.57 Å². The maximum absolute atomic E-state index is 6.54. The minimum atomic E-state index is 0.890. The summed E-state index contributed by atoms with van der Waals surface area (Å²) in [5.74, 6) is 0. The highest BCUT2D eigenvalue weighted by Crippen LogP contribution is 2.44. The second kappa shape index (κ2) is 10.6. The summed E-state index contributed by atoms with van der Waals surface area (Å²) in [5.41, 5.74) is 8.66. The zero-order valence-corrected chi connectivity index (χ0v) is 27.7. The van der Waals surface area contributed by atoms with Crippen molar-refractivity contribution in [2.24, 2.45) is 0 Å². The van der Waals surface area contributed by atoms with Gasteiger partial charge in [-0.25, -0.2) is 0 Å². The van der Waals surface area contributed by atoms with Gasteiger partial charge in [0.1, 0.15) is 11.2 Å². The molecular weight excluding hydrogens is 629 g/mol. The van der Waals surface area contributed by atoms with Crippen LogP contribution in [0.2, 0.25) is 0 Å². The lowest BCUT2D eigenvalue weighted by atomic mass is 10.0. The number of benzene rings is 8. The van der Waals surface area contributed by atoms with Gasteiger partial charge in [-0.15, -0.1) is 11.3 Å². The SMILES string of the molecule is c1ccc(-n2c3ccccc3c3cc(N(c4ccc5oc6c7ccccc7ccc6c5c4)c4ccc5sc6ccccc6c5c4)ccc32)cc1. The molecule has 234 valence electrons. The molecule has 0 bridgehead atoms. The summed E-state index contributed by atoms with van der Waals surface area (Å²) in [6, 6.07) is 61.4. The Morgan fingerprint density at radius 1 is 0.420 bits per heavy atom. The topological polar surface area (TPSA) is 21.3 Å². The van der Waals surface area contributed by atoms with Crippen LogP contribution in [0.15, 0.2) is 174 Å². The molecule has 0 unspecified atom stereocenters. The molecule has 3 aromatic heterocycles. The number of para-hydroxylation sites is 2. The zero-order chi connectivity index (χ0) is 32.8. The average molecular weight is 657 g/mol. The van der Waals surface area contributed by atoms with E-state index in [4.69, 9.17) is 4.42 Å². The lowest BCUT2D eigenvalue weighted by Crippen LogP contribution is -2.09. The largest absolute Gasteiger partial charge is 0.455 e. The molecule has 0 N–H and O–H groups in total. The van der Waals surface area contributed by atoms with E-state index in [1.807, 2.05) is 11.3 Å². The molecule has 50 heavy (non-hydrogen) atoms. The van der Waals surface area contributed by atoms with Gasteiger partial charge < -0.3 is 13.9 Å². The summed E-state index contributed by atoms with van der Waals surface area (Å²) >= 11 is 1.85. The second-order valence-electron chi connectivity index (χ2n) is 12.9. The smallest absolute Gasteiger partial charge is 0.143 e. The highest BCUT2D eigenvalue weighted by atomic mass is 32.1. The lowest BCUT2D eigenvalue weighted by Gasteiger charge is -2.26. The Balaban J connectivity index is 1.18. The molecular formula is C46H28N2OS. The van der Waals surface area contributed by atoms with Crippen molar-refractivity contribution in [2.75, 3.05) is 4.90 Å². The molecule has 8 aromatic carbocycles. The monoisotopic (exact) mass is 656 g/mol. The van der Waals surface area contributed by atoms with Crippen molar-refractivity contribution in [3.8, 4) is 5.69 Å². The molecule has 0 atom stereocenters. The Hall–Kier alpha value is -6.36. The third kappa shape index (κ3) is 4.03. The number of anilines is 3. The first kappa shape index (κ1) is 27.6. The maximum Gasteiger partial charge on any atom is 0.143 e. The molecule has 0 amide bonds. The average Bonchev–Trinajstić information content (AvgIpc) is 3.85. The molecule has 0 saturated heterocycles. The minimum absolute atomic E-state index is 0.890. The first-order chi connectivity index (χ1) is 24.8. The van der Waals surface area contributed by atoms with Gasteiger partial charge in [0.2, 0.25) is 0 Å². The van der Waals surface area contributed by atoms with Crippen LogP contribution < -0.4 is 4.90 Å². The molecule has 0 aliphatic heterocycles. The van der Waals surface area contributed by atoms with Gasteiger partial charge in [0, 0.05) is 69.9 Å². The van der Waals surface area contributed by atoms with E-state index < -0.39 is 0 Å².